The van der Waals surface area contributed by atoms with Crippen molar-refractivity contribution in [2.45, 2.75) is 81.5 Å². The fraction of sp³-hybridized carbons (Fsp3) is 0.412. The van der Waals surface area contributed by atoms with Gasteiger partial charge in [0.15, 0.2) is 11.6 Å². The quantitative estimate of drug-likeness (QED) is 0.0905. The van der Waals surface area contributed by atoms with E-state index in [1.807, 2.05) is 30.3 Å². The number of fused-ring (bicyclic) bond motifs is 1. The highest BCUT2D eigenvalue weighted by Gasteiger charge is 2.45. The molecule has 356 valence electrons. The van der Waals surface area contributed by atoms with Gasteiger partial charge in [0.05, 0.1) is 29.4 Å². The van der Waals surface area contributed by atoms with Crippen LogP contribution >= 0.6 is 11.6 Å². The van der Waals surface area contributed by atoms with Gasteiger partial charge in [-0.05, 0) is 98.5 Å². The van der Waals surface area contributed by atoms with Crippen molar-refractivity contribution in [2.75, 3.05) is 50.8 Å². The van der Waals surface area contributed by atoms with Gasteiger partial charge in [-0.15, -0.1) is 0 Å². The number of rotatable bonds is 15. The number of ether oxygens (including phenoxy) is 2. The van der Waals surface area contributed by atoms with Gasteiger partial charge in [-0.2, -0.15) is 0 Å². The Bertz CT molecular complexity index is 2610. The summed E-state index contributed by atoms with van der Waals surface area (Å²) in [5.74, 6) is -4.11. The molecule has 0 bridgehead atoms. The molecule has 2 unspecified atom stereocenters. The number of nitrogens with two attached hydrogens (primary N) is 2. The molecule has 4 aliphatic heterocycles. The lowest BCUT2D eigenvalue weighted by Crippen LogP contribution is -2.57. The van der Waals surface area contributed by atoms with Crippen LogP contribution in [0.25, 0.3) is 11.1 Å². The number of hydrogen-bond acceptors (Lipinski definition) is 11. The minimum atomic E-state index is -1.03. The molecule has 17 heteroatoms. The second-order valence-corrected chi connectivity index (χ2v) is 18.8. The molecule has 4 aromatic carbocycles. The predicted octanol–water partition coefficient (Wildman–Crippen LogP) is 5.16. The van der Waals surface area contributed by atoms with E-state index < -0.39 is 41.4 Å². The molecule has 6 amide bonds. The third kappa shape index (κ3) is 9.73. The van der Waals surface area contributed by atoms with Crippen molar-refractivity contribution in [3.8, 4) is 16.9 Å². The summed E-state index contributed by atoms with van der Waals surface area (Å²) in [6, 6.07) is 22.9. The van der Waals surface area contributed by atoms with Crippen LogP contribution in [-0.4, -0.2) is 115 Å². The van der Waals surface area contributed by atoms with Crippen molar-refractivity contribution in [2.24, 2.45) is 17.4 Å². The molecule has 9 rings (SSSR count). The van der Waals surface area contributed by atoms with E-state index in [1.54, 1.807) is 29.2 Å². The van der Waals surface area contributed by atoms with Crippen LogP contribution in [0.5, 0.6) is 5.75 Å². The highest BCUT2D eigenvalue weighted by atomic mass is 35.5. The Labute approximate surface area is 398 Å². The molecule has 6 N–H and O–H groups in total. The zero-order valence-electron chi connectivity index (χ0n) is 37.6. The first kappa shape index (κ1) is 46.9. The molecule has 3 saturated heterocycles. The monoisotopic (exact) mass is 947 g/mol. The Balaban J connectivity index is 0.770. The summed E-state index contributed by atoms with van der Waals surface area (Å²) in [5, 5.41) is 6.20. The van der Waals surface area contributed by atoms with Gasteiger partial charge >= 0.3 is 0 Å². The van der Waals surface area contributed by atoms with E-state index in [1.165, 1.54) is 12.1 Å². The molecule has 0 radical (unpaired) electrons. The molecular formula is C51H55ClFN7O8. The Morgan fingerprint density at radius 2 is 1.56 bits per heavy atom. The number of imide groups is 2. The smallest absolute Gasteiger partial charge is 0.262 e. The van der Waals surface area contributed by atoms with Crippen LogP contribution in [0.15, 0.2) is 78.9 Å². The molecule has 4 fully saturated rings. The lowest BCUT2D eigenvalue weighted by Gasteiger charge is -2.42. The summed E-state index contributed by atoms with van der Waals surface area (Å²) in [6.07, 6.45) is 5.04. The van der Waals surface area contributed by atoms with Crippen LogP contribution in [-0.2, 0) is 19.1 Å². The van der Waals surface area contributed by atoms with E-state index in [-0.39, 0.29) is 89.0 Å². The summed E-state index contributed by atoms with van der Waals surface area (Å²) in [5.41, 5.74) is 15.4. The molecular weight excluding hydrogens is 893 g/mol. The molecule has 68 heavy (non-hydrogen) atoms. The Morgan fingerprint density at radius 3 is 2.28 bits per heavy atom. The standard InChI is InChI=1S/C51H55ClFN7O8/c52-41-14-6-31(40(29-4-2-1-3-5-29)26-56-33-9-7-32(54)8-10-33)24-39(41)45-37(47(55)62)13-16-43(46(45)53)68-23-22-67-35-27-59(28-35)49(64)30-18-20-58(21-19-30)34-11-12-36-38(25-34)51(66)60(50(36)65)42-15-17-44(61)57-48(42)63/h1-6,11-14,16,24-25,30,32-33,35,40,42,56H,7-10,15,17-23,26-28,54H2,(H2,55,62)(H,57,61,63). The molecule has 5 aliphatic rings. The lowest BCUT2D eigenvalue weighted by atomic mass is 9.87. The van der Waals surface area contributed by atoms with E-state index >= 15 is 4.39 Å². The fourth-order valence-electron chi connectivity index (χ4n) is 10.2. The van der Waals surface area contributed by atoms with Gasteiger partial charge < -0.3 is 36.1 Å². The van der Waals surface area contributed by atoms with Crippen LogP contribution in [0.3, 0.4) is 0 Å². The second kappa shape index (κ2) is 20.2. The summed E-state index contributed by atoms with van der Waals surface area (Å²) < 4.78 is 28.4. The predicted molar refractivity (Wildman–Crippen MR) is 252 cm³/mol. The average molecular weight is 948 g/mol. The molecule has 4 aromatic rings. The number of hydrogen-bond donors (Lipinski definition) is 4. The first-order chi connectivity index (χ1) is 32.8. The zero-order valence-corrected chi connectivity index (χ0v) is 38.4. The van der Waals surface area contributed by atoms with Crippen molar-refractivity contribution >= 4 is 52.7 Å². The van der Waals surface area contributed by atoms with Gasteiger partial charge in [-0.3, -0.25) is 39.0 Å². The first-order valence-corrected chi connectivity index (χ1v) is 23.8. The van der Waals surface area contributed by atoms with Gasteiger partial charge in [0.2, 0.25) is 23.6 Å². The number of nitrogens with one attached hydrogen (secondary N) is 2. The zero-order chi connectivity index (χ0) is 47.6. The number of piperidine rings is 2. The van der Waals surface area contributed by atoms with Gasteiger partial charge in [-0.25, -0.2) is 4.39 Å². The van der Waals surface area contributed by atoms with Gasteiger partial charge in [0.25, 0.3) is 11.8 Å². The summed E-state index contributed by atoms with van der Waals surface area (Å²) in [7, 11) is 0. The number of primary amides is 1. The summed E-state index contributed by atoms with van der Waals surface area (Å²) in [6.45, 7) is 2.74. The third-order valence-corrected chi connectivity index (χ3v) is 14.4. The maximum Gasteiger partial charge on any atom is 0.262 e. The van der Waals surface area contributed by atoms with Crippen molar-refractivity contribution in [3.05, 3.63) is 118 Å². The molecule has 15 nitrogen and oxygen atoms in total. The maximum atomic E-state index is 16.6. The Kier molecular flexibility index (Phi) is 13.9. The average Bonchev–Trinajstić information content (AvgIpc) is 3.57. The van der Waals surface area contributed by atoms with Crippen molar-refractivity contribution < 1.29 is 42.6 Å². The number of amides is 6. The minimum absolute atomic E-state index is 0.00812. The topological polar surface area (TPSA) is 207 Å². The summed E-state index contributed by atoms with van der Waals surface area (Å²) >= 11 is 6.78. The van der Waals surface area contributed by atoms with E-state index in [2.05, 4.69) is 27.7 Å². The Morgan fingerprint density at radius 1 is 0.824 bits per heavy atom. The van der Waals surface area contributed by atoms with Crippen LogP contribution < -0.4 is 31.7 Å². The number of halogens is 2. The highest BCUT2D eigenvalue weighted by Crippen LogP contribution is 2.40. The fourth-order valence-corrected chi connectivity index (χ4v) is 10.4. The third-order valence-electron chi connectivity index (χ3n) is 14.1. The van der Waals surface area contributed by atoms with Gasteiger partial charge in [-0.1, -0.05) is 48.0 Å². The van der Waals surface area contributed by atoms with Crippen LogP contribution in [0.1, 0.15) is 99.5 Å². The van der Waals surface area contributed by atoms with E-state index in [9.17, 15) is 28.8 Å². The molecule has 2 atom stereocenters. The van der Waals surface area contributed by atoms with Gasteiger partial charge in [0, 0.05) is 84.9 Å². The minimum Gasteiger partial charge on any atom is -0.488 e. The number of benzene rings is 4. The molecule has 0 spiro atoms. The van der Waals surface area contributed by atoms with Crippen LogP contribution in [0.4, 0.5) is 10.1 Å². The highest BCUT2D eigenvalue weighted by molar-refractivity contribution is 6.33. The molecule has 4 heterocycles. The number of nitrogens with zero attached hydrogens (tertiary/aromatic N) is 3. The van der Waals surface area contributed by atoms with Crippen LogP contribution in [0, 0.1) is 11.7 Å². The number of anilines is 1. The maximum absolute atomic E-state index is 16.6. The largest absolute Gasteiger partial charge is 0.488 e. The number of carbonyl (C=O) groups excluding carboxylic acids is 6. The molecule has 1 aliphatic carbocycles. The number of likely N-dealkylation sites (tertiary alicyclic amines) is 1. The van der Waals surface area contributed by atoms with E-state index in [0.29, 0.717) is 57.2 Å². The van der Waals surface area contributed by atoms with Gasteiger partial charge in [0.1, 0.15) is 12.6 Å². The van der Waals surface area contributed by atoms with Crippen LogP contribution in [0.2, 0.25) is 5.02 Å². The lowest BCUT2D eigenvalue weighted by molar-refractivity contribution is -0.150. The van der Waals surface area contributed by atoms with Crippen molar-refractivity contribution in [3.63, 3.8) is 0 Å². The van der Waals surface area contributed by atoms with Crippen molar-refractivity contribution in [1.82, 2.24) is 20.4 Å². The molecule has 0 aromatic heterocycles. The number of carbonyl (C=O) groups is 6. The van der Waals surface area contributed by atoms with E-state index in [4.69, 9.17) is 32.5 Å². The summed E-state index contributed by atoms with van der Waals surface area (Å²) in [4.78, 5) is 81.6. The van der Waals surface area contributed by atoms with Crippen molar-refractivity contribution in [1.29, 1.82) is 0 Å². The Hall–Kier alpha value is -6.20. The SMILES string of the molecule is NC(=O)c1ccc(OCCOC2CN(C(=O)C3CCN(c4ccc5c(c4)C(=O)N(C4CCC(=O)NC4=O)C5=O)CC3)C2)c(F)c1-c1cc(C(CNC2CCC(N)CC2)c2ccccc2)ccc1Cl. The van der Waals surface area contributed by atoms with E-state index in [0.717, 1.165) is 47.4 Å². The normalized spacial score (nSPS) is 21.6. The molecule has 1 saturated carbocycles. The second-order valence-electron chi connectivity index (χ2n) is 18.4. The first-order valence-electron chi connectivity index (χ1n) is 23.4.